The molecular weight excluding hydrogens is 520 g/mol. The SMILES string of the molecule is CCCCc1nc2cccc(OC(=O)O)c2n1Cc1ccc(-c2ccccc2S(=O)(=O)NC(=O)NCC)cc1. The molecule has 39 heavy (non-hydrogen) atoms. The Morgan fingerprint density at radius 2 is 1.74 bits per heavy atom. The number of benzene rings is 3. The Morgan fingerprint density at radius 1 is 1.00 bits per heavy atom. The molecule has 0 spiro atoms. The lowest BCUT2D eigenvalue weighted by atomic mass is 10.0. The van der Waals surface area contributed by atoms with Crippen molar-refractivity contribution in [2.45, 2.75) is 44.6 Å². The Bertz CT molecular complexity index is 1600. The van der Waals surface area contributed by atoms with Crippen LogP contribution in [-0.2, 0) is 23.0 Å². The molecule has 0 aliphatic carbocycles. The third-order valence-corrected chi connectivity index (χ3v) is 7.50. The van der Waals surface area contributed by atoms with Crippen LogP contribution < -0.4 is 14.8 Å². The van der Waals surface area contributed by atoms with Gasteiger partial charge in [-0.15, -0.1) is 0 Å². The Labute approximate surface area is 226 Å². The minimum absolute atomic E-state index is 0.0121. The van der Waals surface area contributed by atoms with Gasteiger partial charge in [-0.25, -0.2) is 27.7 Å². The molecule has 1 aromatic heterocycles. The fraction of sp³-hybridized carbons (Fsp3) is 0.250. The summed E-state index contributed by atoms with van der Waals surface area (Å²) in [6, 6.07) is 18.2. The lowest BCUT2D eigenvalue weighted by molar-refractivity contribution is 0.145. The number of rotatable bonds is 10. The number of sulfonamides is 1. The maximum absolute atomic E-state index is 12.9. The highest BCUT2D eigenvalue weighted by Gasteiger charge is 2.22. The van der Waals surface area contributed by atoms with Gasteiger partial charge in [0.2, 0.25) is 0 Å². The number of amides is 2. The van der Waals surface area contributed by atoms with E-state index >= 15 is 0 Å². The first kappa shape index (κ1) is 27.6. The molecule has 3 N–H and O–H groups in total. The van der Waals surface area contributed by atoms with Crippen LogP contribution in [0.3, 0.4) is 0 Å². The van der Waals surface area contributed by atoms with Gasteiger partial charge >= 0.3 is 12.2 Å². The summed E-state index contributed by atoms with van der Waals surface area (Å²) in [6.07, 6.45) is 1.23. The summed E-state index contributed by atoms with van der Waals surface area (Å²) in [7, 11) is -4.10. The Balaban J connectivity index is 1.68. The number of imidazole rings is 1. The van der Waals surface area contributed by atoms with Crippen molar-refractivity contribution in [1.82, 2.24) is 19.6 Å². The number of carbonyl (C=O) groups excluding carboxylic acids is 1. The zero-order valence-electron chi connectivity index (χ0n) is 21.7. The molecule has 2 amide bonds. The molecule has 4 aromatic rings. The highest BCUT2D eigenvalue weighted by molar-refractivity contribution is 7.90. The monoisotopic (exact) mass is 550 g/mol. The first-order chi connectivity index (χ1) is 18.7. The van der Waals surface area contributed by atoms with E-state index in [0.29, 0.717) is 35.2 Å². The molecule has 204 valence electrons. The molecule has 0 saturated carbocycles. The number of hydrogen-bond donors (Lipinski definition) is 3. The van der Waals surface area contributed by atoms with Crippen LogP contribution in [0.15, 0.2) is 71.6 Å². The molecule has 0 saturated heterocycles. The zero-order valence-corrected chi connectivity index (χ0v) is 22.5. The molecule has 4 rings (SSSR count). The number of aromatic nitrogens is 2. The van der Waals surface area contributed by atoms with Crippen molar-refractivity contribution in [2.24, 2.45) is 0 Å². The van der Waals surface area contributed by atoms with Crippen molar-refractivity contribution in [3.63, 3.8) is 0 Å². The van der Waals surface area contributed by atoms with E-state index in [2.05, 4.69) is 12.2 Å². The van der Waals surface area contributed by atoms with Crippen LogP contribution in [0.4, 0.5) is 9.59 Å². The van der Waals surface area contributed by atoms with Crippen LogP contribution in [0.5, 0.6) is 5.75 Å². The van der Waals surface area contributed by atoms with Gasteiger partial charge in [-0.1, -0.05) is 61.9 Å². The highest BCUT2D eigenvalue weighted by atomic mass is 32.2. The molecule has 0 atom stereocenters. The summed E-state index contributed by atoms with van der Waals surface area (Å²) in [5, 5.41) is 11.7. The molecule has 0 radical (unpaired) electrons. The van der Waals surface area contributed by atoms with Gasteiger partial charge in [-0.3, -0.25) is 0 Å². The van der Waals surface area contributed by atoms with E-state index < -0.39 is 22.2 Å². The third-order valence-electron chi connectivity index (χ3n) is 6.11. The van der Waals surface area contributed by atoms with Gasteiger partial charge in [0.15, 0.2) is 5.75 Å². The fourth-order valence-electron chi connectivity index (χ4n) is 4.36. The predicted octanol–water partition coefficient (Wildman–Crippen LogP) is 5.16. The normalized spacial score (nSPS) is 11.3. The maximum Gasteiger partial charge on any atom is 0.511 e. The largest absolute Gasteiger partial charge is 0.511 e. The number of ether oxygens (including phenoxy) is 1. The van der Waals surface area contributed by atoms with Gasteiger partial charge < -0.3 is 19.7 Å². The van der Waals surface area contributed by atoms with Crippen molar-refractivity contribution in [1.29, 1.82) is 0 Å². The molecule has 11 heteroatoms. The lowest BCUT2D eigenvalue weighted by Crippen LogP contribution is -2.39. The minimum Gasteiger partial charge on any atom is -0.449 e. The van der Waals surface area contributed by atoms with Gasteiger partial charge in [-0.05, 0) is 42.7 Å². The number of nitrogens with zero attached hydrogens (tertiary/aromatic N) is 2. The van der Waals surface area contributed by atoms with E-state index in [0.717, 1.165) is 30.7 Å². The molecule has 0 aliphatic heterocycles. The third kappa shape index (κ3) is 6.37. The number of urea groups is 1. The molecule has 0 aliphatic rings. The fourth-order valence-corrected chi connectivity index (χ4v) is 5.52. The van der Waals surface area contributed by atoms with Crippen molar-refractivity contribution in [2.75, 3.05) is 6.54 Å². The van der Waals surface area contributed by atoms with Gasteiger partial charge in [0.05, 0.1) is 10.4 Å². The van der Waals surface area contributed by atoms with Gasteiger partial charge in [0.1, 0.15) is 11.3 Å². The summed E-state index contributed by atoms with van der Waals surface area (Å²) >= 11 is 0. The summed E-state index contributed by atoms with van der Waals surface area (Å²) in [4.78, 5) is 27.9. The molecule has 0 unspecified atom stereocenters. The summed E-state index contributed by atoms with van der Waals surface area (Å²) in [6.45, 7) is 4.49. The molecule has 3 aromatic carbocycles. The lowest BCUT2D eigenvalue weighted by Gasteiger charge is -2.14. The van der Waals surface area contributed by atoms with Crippen LogP contribution in [0, 0.1) is 0 Å². The van der Waals surface area contributed by atoms with Crippen molar-refractivity contribution >= 4 is 33.2 Å². The van der Waals surface area contributed by atoms with Crippen molar-refractivity contribution in [3.8, 4) is 16.9 Å². The number of nitrogens with one attached hydrogen (secondary N) is 2. The van der Waals surface area contributed by atoms with Crippen LogP contribution in [0.25, 0.3) is 22.2 Å². The van der Waals surface area contributed by atoms with Crippen molar-refractivity contribution in [3.05, 3.63) is 78.1 Å². The number of carboxylic acid groups (broad SMARTS) is 1. The average molecular weight is 551 g/mol. The standard InChI is InChI=1S/C28H30N4O6S/c1-3-5-13-25-30-22-10-8-11-23(38-28(34)35)26(22)32(25)18-19-14-16-20(17-15-19)21-9-6-7-12-24(21)39(36,37)31-27(33)29-4-2/h6-12,14-17H,3-5,13,18H2,1-2H3,(H,34,35)(H2,29,31,33). The highest BCUT2D eigenvalue weighted by Crippen LogP contribution is 2.30. The van der Waals surface area contributed by atoms with Crippen LogP contribution in [0.1, 0.15) is 38.1 Å². The van der Waals surface area contributed by atoms with Gasteiger partial charge in [0, 0.05) is 25.1 Å². The minimum atomic E-state index is -4.10. The van der Waals surface area contributed by atoms with E-state index in [1.807, 2.05) is 39.6 Å². The molecule has 1 heterocycles. The smallest absolute Gasteiger partial charge is 0.449 e. The Kier molecular flexibility index (Phi) is 8.50. The van der Waals surface area contributed by atoms with E-state index in [-0.39, 0.29) is 10.6 Å². The summed E-state index contributed by atoms with van der Waals surface area (Å²) in [5.74, 6) is 1.04. The van der Waals surface area contributed by atoms with Crippen LogP contribution in [-0.4, -0.2) is 41.8 Å². The maximum atomic E-state index is 12.9. The number of hydrogen-bond acceptors (Lipinski definition) is 6. The second-order valence-corrected chi connectivity index (χ2v) is 10.5. The second-order valence-electron chi connectivity index (χ2n) is 8.87. The van der Waals surface area contributed by atoms with Crippen molar-refractivity contribution < 1.29 is 27.9 Å². The quantitative estimate of drug-likeness (QED) is 0.183. The first-order valence-corrected chi connectivity index (χ1v) is 14.1. The zero-order chi connectivity index (χ0) is 28.0. The van der Waals surface area contributed by atoms with E-state index in [4.69, 9.17) is 9.72 Å². The van der Waals surface area contributed by atoms with Crippen LogP contribution >= 0.6 is 0 Å². The van der Waals surface area contributed by atoms with Gasteiger partial charge in [-0.2, -0.15) is 0 Å². The topological polar surface area (TPSA) is 140 Å². The first-order valence-electron chi connectivity index (χ1n) is 12.6. The number of para-hydroxylation sites is 1. The van der Waals surface area contributed by atoms with Gasteiger partial charge in [0.25, 0.3) is 10.0 Å². The molecule has 0 fully saturated rings. The number of fused-ring (bicyclic) bond motifs is 1. The van der Waals surface area contributed by atoms with E-state index in [9.17, 15) is 23.1 Å². The number of unbranched alkanes of at least 4 members (excludes halogenated alkanes) is 1. The number of aryl methyl sites for hydroxylation is 1. The molecule has 10 nitrogen and oxygen atoms in total. The predicted molar refractivity (Wildman–Crippen MR) is 147 cm³/mol. The summed E-state index contributed by atoms with van der Waals surface area (Å²) in [5.41, 5.74) is 3.27. The van der Waals surface area contributed by atoms with E-state index in [1.54, 1.807) is 37.3 Å². The molecular formula is C28H30N4O6S. The second kappa shape index (κ2) is 12.0. The summed E-state index contributed by atoms with van der Waals surface area (Å²) < 4.78 is 34.9. The Morgan fingerprint density at radius 3 is 2.44 bits per heavy atom. The van der Waals surface area contributed by atoms with Crippen LogP contribution in [0.2, 0.25) is 0 Å². The number of carbonyl (C=O) groups is 2. The average Bonchev–Trinajstić information content (AvgIpc) is 3.25. The molecule has 0 bridgehead atoms. The Hall–Kier alpha value is -4.38. The van der Waals surface area contributed by atoms with E-state index in [1.165, 1.54) is 6.07 Å².